The number of ether oxygens (including phenoxy) is 1. The molecule has 1 N–H and O–H groups in total. The van der Waals surface area contributed by atoms with Gasteiger partial charge in [0.15, 0.2) is 0 Å². The molecule has 3 amide bonds. The smallest absolute Gasteiger partial charge is 0.387 e. The Bertz CT molecular complexity index is 714. The molecule has 9 heteroatoms. The first kappa shape index (κ1) is 21.6. The number of likely N-dealkylation sites (N-methyl/N-ethyl adjacent to an activating group) is 1. The molecule has 2 rings (SSSR count). The van der Waals surface area contributed by atoms with E-state index in [0.29, 0.717) is 25.9 Å². The Kier molecular flexibility index (Phi) is 7.71. The number of halogens is 2. The second-order valence-electron chi connectivity index (χ2n) is 6.59. The van der Waals surface area contributed by atoms with Gasteiger partial charge in [-0.15, -0.1) is 0 Å². The van der Waals surface area contributed by atoms with Crippen molar-refractivity contribution in [3.63, 3.8) is 0 Å². The lowest BCUT2D eigenvalue weighted by atomic mass is 9.96. The van der Waals surface area contributed by atoms with Crippen molar-refractivity contribution in [2.75, 3.05) is 33.2 Å². The largest absolute Gasteiger partial charge is 0.434 e. The number of nitrogens with zero attached hydrogens (tertiary/aromatic N) is 2. The summed E-state index contributed by atoms with van der Waals surface area (Å²) in [6.07, 6.45) is 1.19. The summed E-state index contributed by atoms with van der Waals surface area (Å²) in [4.78, 5) is 39.9. The Morgan fingerprint density at radius 1 is 1.32 bits per heavy atom. The number of hydrogen-bond acceptors (Lipinski definition) is 4. The predicted octanol–water partition coefficient (Wildman–Crippen LogP) is 1.73. The Balaban J connectivity index is 2.00. The standard InChI is InChI=1S/C19H25F2N3O4/c1-3-23(2)16(25)11-22-17(26)13-7-6-10-24(12-13)18(27)14-8-4-5-9-15(14)28-19(20)21/h4-5,8-9,13,19H,3,6-7,10-12H2,1-2H3,(H,22,26). The Labute approximate surface area is 162 Å². The zero-order valence-corrected chi connectivity index (χ0v) is 16.0. The SMILES string of the molecule is CCN(C)C(=O)CNC(=O)C1CCCN(C(=O)c2ccccc2OC(F)F)C1. The van der Waals surface area contributed by atoms with Crippen molar-refractivity contribution in [3.8, 4) is 5.75 Å². The molecule has 0 aromatic heterocycles. The minimum Gasteiger partial charge on any atom is -0.434 e. The molecule has 154 valence electrons. The highest BCUT2D eigenvalue weighted by atomic mass is 19.3. The summed E-state index contributed by atoms with van der Waals surface area (Å²) in [5, 5.41) is 2.61. The molecule has 1 unspecified atom stereocenters. The quantitative estimate of drug-likeness (QED) is 0.760. The summed E-state index contributed by atoms with van der Waals surface area (Å²) >= 11 is 0. The van der Waals surface area contributed by atoms with Gasteiger partial charge in [-0.25, -0.2) is 0 Å². The van der Waals surface area contributed by atoms with Crippen LogP contribution in [0.1, 0.15) is 30.1 Å². The van der Waals surface area contributed by atoms with Crippen LogP contribution in [0.15, 0.2) is 24.3 Å². The van der Waals surface area contributed by atoms with Crippen LogP contribution in [-0.4, -0.2) is 67.4 Å². The van der Waals surface area contributed by atoms with E-state index in [2.05, 4.69) is 10.1 Å². The molecule has 0 bridgehead atoms. The molecular weight excluding hydrogens is 372 g/mol. The van der Waals surface area contributed by atoms with Gasteiger partial charge in [0.25, 0.3) is 5.91 Å². The van der Waals surface area contributed by atoms with E-state index < -0.39 is 18.4 Å². The first-order valence-corrected chi connectivity index (χ1v) is 9.18. The lowest BCUT2D eigenvalue weighted by molar-refractivity contribution is -0.133. The molecule has 1 heterocycles. The molecule has 1 aliphatic rings. The van der Waals surface area contributed by atoms with Crippen LogP contribution in [0.2, 0.25) is 0 Å². The van der Waals surface area contributed by atoms with E-state index in [-0.39, 0.29) is 36.2 Å². The van der Waals surface area contributed by atoms with E-state index in [4.69, 9.17) is 0 Å². The third kappa shape index (κ3) is 5.64. The summed E-state index contributed by atoms with van der Waals surface area (Å²) in [5.41, 5.74) is 0.0311. The number of likely N-dealkylation sites (tertiary alicyclic amines) is 1. The van der Waals surface area contributed by atoms with Gasteiger partial charge in [-0.05, 0) is 31.9 Å². The molecule has 1 atom stereocenters. The average molecular weight is 397 g/mol. The van der Waals surface area contributed by atoms with Crippen LogP contribution < -0.4 is 10.1 Å². The van der Waals surface area contributed by atoms with E-state index in [1.54, 1.807) is 13.1 Å². The van der Waals surface area contributed by atoms with Crippen LogP contribution in [0.3, 0.4) is 0 Å². The van der Waals surface area contributed by atoms with E-state index in [9.17, 15) is 23.2 Å². The topological polar surface area (TPSA) is 79.0 Å². The second kappa shape index (κ2) is 10.0. The minimum absolute atomic E-state index is 0.0311. The summed E-state index contributed by atoms with van der Waals surface area (Å²) in [6, 6.07) is 5.80. The number of amides is 3. The van der Waals surface area contributed by atoms with Crippen LogP contribution in [0.4, 0.5) is 8.78 Å². The number of carbonyl (C=O) groups excluding carboxylic acids is 3. The molecule has 0 radical (unpaired) electrons. The van der Waals surface area contributed by atoms with Crippen molar-refractivity contribution in [2.45, 2.75) is 26.4 Å². The van der Waals surface area contributed by atoms with Gasteiger partial charge in [-0.2, -0.15) is 8.78 Å². The maximum absolute atomic E-state index is 12.8. The summed E-state index contributed by atoms with van der Waals surface area (Å²) in [5.74, 6) is -1.61. The Morgan fingerprint density at radius 3 is 2.71 bits per heavy atom. The number of para-hydroxylation sites is 1. The Hall–Kier alpha value is -2.71. The normalized spacial score (nSPS) is 16.6. The number of rotatable bonds is 7. The molecule has 0 spiro atoms. The van der Waals surface area contributed by atoms with Crippen LogP contribution in [-0.2, 0) is 9.59 Å². The third-order valence-electron chi connectivity index (χ3n) is 4.73. The van der Waals surface area contributed by atoms with Gasteiger partial charge in [0, 0.05) is 26.7 Å². The fourth-order valence-corrected chi connectivity index (χ4v) is 3.01. The zero-order valence-electron chi connectivity index (χ0n) is 16.0. The summed E-state index contributed by atoms with van der Waals surface area (Å²) in [7, 11) is 1.65. The molecule has 1 aromatic carbocycles. The Morgan fingerprint density at radius 2 is 2.04 bits per heavy atom. The van der Waals surface area contributed by atoms with Crippen molar-refractivity contribution in [1.82, 2.24) is 15.1 Å². The van der Waals surface area contributed by atoms with Crippen molar-refractivity contribution < 1.29 is 27.9 Å². The van der Waals surface area contributed by atoms with Crippen molar-refractivity contribution in [1.29, 1.82) is 0 Å². The van der Waals surface area contributed by atoms with Crippen LogP contribution in [0.25, 0.3) is 0 Å². The molecule has 28 heavy (non-hydrogen) atoms. The van der Waals surface area contributed by atoms with Gasteiger partial charge < -0.3 is 19.9 Å². The monoisotopic (exact) mass is 397 g/mol. The number of nitrogens with one attached hydrogen (secondary N) is 1. The highest BCUT2D eigenvalue weighted by molar-refractivity contribution is 5.97. The maximum Gasteiger partial charge on any atom is 0.387 e. The van der Waals surface area contributed by atoms with Gasteiger partial charge in [-0.3, -0.25) is 14.4 Å². The van der Waals surface area contributed by atoms with Crippen molar-refractivity contribution in [3.05, 3.63) is 29.8 Å². The first-order chi connectivity index (χ1) is 13.3. The van der Waals surface area contributed by atoms with E-state index in [1.807, 2.05) is 6.92 Å². The second-order valence-corrected chi connectivity index (χ2v) is 6.59. The van der Waals surface area contributed by atoms with Crippen molar-refractivity contribution >= 4 is 17.7 Å². The minimum atomic E-state index is -3.03. The number of carbonyl (C=O) groups is 3. The zero-order chi connectivity index (χ0) is 20.7. The predicted molar refractivity (Wildman–Crippen MR) is 98.0 cm³/mol. The van der Waals surface area contributed by atoms with E-state index >= 15 is 0 Å². The van der Waals surface area contributed by atoms with Crippen LogP contribution >= 0.6 is 0 Å². The molecule has 1 aliphatic heterocycles. The molecule has 0 saturated carbocycles. The lowest BCUT2D eigenvalue weighted by Gasteiger charge is -2.32. The molecule has 7 nitrogen and oxygen atoms in total. The highest BCUT2D eigenvalue weighted by Crippen LogP contribution is 2.25. The highest BCUT2D eigenvalue weighted by Gasteiger charge is 2.30. The van der Waals surface area contributed by atoms with E-state index in [0.717, 1.165) is 0 Å². The number of hydrogen-bond donors (Lipinski definition) is 1. The average Bonchev–Trinajstić information content (AvgIpc) is 2.70. The lowest BCUT2D eigenvalue weighted by Crippen LogP contribution is -2.47. The summed E-state index contributed by atoms with van der Waals surface area (Å²) in [6.45, 7) is -0.180. The summed E-state index contributed by atoms with van der Waals surface area (Å²) < 4.78 is 29.6. The van der Waals surface area contributed by atoms with Gasteiger partial charge in [-0.1, -0.05) is 12.1 Å². The maximum atomic E-state index is 12.8. The number of benzene rings is 1. The van der Waals surface area contributed by atoms with Crippen LogP contribution in [0, 0.1) is 5.92 Å². The number of alkyl halides is 2. The molecule has 1 fully saturated rings. The fraction of sp³-hybridized carbons (Fsp3) is 0.526. The van der Waals surface area contributed by atoms with Gasteiger partial charge >= 0.3 is 6.61 Å². The first-order valence-electron chi connectivity index (χ1n) is 9.18. The fourth-order valence-electron chi connectivity index (χ4n) is 3.01. The van der Waals surface area contributed by atoms with Gasteiger partial charge in [0.05, 0.1) is 18.0 Å². The third-order valence-corrected chi connectivity index (χ3v) is 4.73. The molecule has 1 saturated heterocycles. The molecule has 0 aliphatic carbocycles. The van der Waals surface area contributed by atoms with Gasteiger partial charge in [0.1, 0.15) is 5.75 Å². The number of piperidine rings is 1. The van der Waals surface area contributed by atoms with Crippen molar-refractivity contribution in [2.24, 2.45) is 5.92 Å². The van der Waals surface area contributed by atoms with Crippen LogP contribution in [0.5, 0.6) is 5.75 Å². The van der Waals surface area contributed by atoms with E-state index in [1.165, 1.54) is 28.0 Å². The molecular formula is C19H25F2N3O4. The molecule has 1 aromatic rings. The van der Waals surface area contributed by atoms with Gasteiger partial charge in [0.2, 0.25) is 11.8 Å².